The summed E-state index contributed by atoms with van der Waals surface area (Å²) in [5.41, 5.74) is -0.850. The van der Waals surface area contributed by atoms with Crippen LogP contribution >= 0.6 is 0 Å². The first-order valence-electron chi connectivity index (χ1n) is 10.5. The molecule has 5 rings (SSSR count). The molecule has 1 fully saturated rings. The zero-order valence-electron chi connectivity index (χ0n) is 17.8. The molecule has 1 aliphatic heterocycles. The summed E-state index contributed by atoms with van der Waals surface area (Å²) in [5.74, 6) is -7.36. The third-order valence-corrected chi connectivity index (χ3v) is 5.71. The van der Waals surface area contributed by atoms with E-state index in [2.05, 4.69) is 20.3 Å². The zero-order valence-corrected chi connectivity index (χ0v) is 17.8. The maximum atomic E-state index is 14.8. The molecule has 35 heavy (non-hydrogen) atoms. The van der Waals surface area contributed by atoms with E-state index in [-0.39, 0.29) is 17.4 Å². The molecule has 7 nitrogen and oxygen atoms in total. The Hall–Kier alpha value is -4.09. The van der Waals surface area contributed by atoms with Crippen LogP contribution < -0.4 is 5.32 Å². The van der Waals surface area contributed by atoms with Gasteiger partial charge in [0.15, 0.2) is 11.4 Å². The lowest BCUT2D eigenvalue weighted by Crippen LogP contribution is -2.47. The number of anilines is 1. The second-order valence-electron chi connectivity index (χ2n) is 7.89. The Labute approximate surface area is 194 Å². The number of nitrogens with one attached hydrogen (secondary N) is 1. The Bertz CT molecular complexity index is 1410. The van der Waals surface area contributed by atoms with Gasteiger partial charge in [-0.1, -0.05) is 0 Å². The molecule has 2 aromatic carbocycles. The molecule has 180 valence electrons. The molecule has 1 atom stereocenters. The van der Waals surface area contributed by atoms with Crippen LogP contribution in [-0.4, -0.2) is 50.8 Å². The van der Waals surface area contributed by atoms with Crippen molar-refractivity contribution in [2.24, 2.45) is 0 Å². The van der Waals surface area contributed by atoms with Crippen LogP contribution in [0.25, 0.3) is 22.5 Å². The molecule has 0 radical (unpaired) electrons. The molecule has 4 aromatic rings. The van der Waals surface area contributed by atoms with Gasteiger partial charge in [-0.3, -0.25) is 4.79 Å². The summed E-state index contributed by atoms with van der Waals surface area (Å²) in [6, 6.07) is 4.74. The van der Waals surface area contributed by atoms with Crippen LogP contribution in [0.5, 0.6) is 0 Å². The number of benzene rings is 2. The van der Waals surface area contributed by atoms with Crippen molar-refractivity contribution in [2.75, 3.05) is 18.4 Å². The summed E-state index contributed by atoms with van der Waals surface area (Å²) in [5, 5.41) is 2.59. The maximum Gasteiger partial charge on any atom is 0.295 e. The van der Waals surface area contributed by atoms with E-state index >= 15 is 0 Å². The van der Waals surface area contributed by atoms with Crippen LogP contribution in [0.1, 0.15) is 16.8 Å². The smallest absolute Gasteiger partial charge is 0.295 e. The predicted molar refractivity (Wildman–Crippen MR) is 114 cm³/mol. The van der Waals surface area contributed by atoms with Crippen molar-refractivity contribution in [1.82, 2.24) is 19.9 Å². The van der Waals surface area contributed by atoms with Crippen molar-refractivity contribution < 1.29 is 31.2 Å². The van der Waals surface area contributed by atoms with Gasteiger partial charge in [0.1, 0.15) is 29.0 Å². The normalized spacial score (nSPS) is 17.2. The third-order valence-electron chi connectivity index (χ3n) is 5.71. The number of alkyl halides is 2. The standard InChI is InChI=1S/C23H16F5N5O2/c24-12-2-5-15-16(10-12)35-22(32-15)31-11-17-23(27,28)6-9-33(17)21(34)19-14(26)4-3-13(25)18(19)20-29-7-1-8-30-20/h1-5,7-8,10,17H,6,9,11H2,(H,31,32)/t17-/m1/s1. The Morgan fingerprint density at radius 1 is 1.11 bits per heavy atom. The van der Waals surface area contributed by atoms with E-state index in [1.807, 2.05) is 0 Å². The van der Waals surface area contributed by atoms with Crippen LogP contribution in [0.2, 0.25) is 0 Å². The first-order chi connectivity index (χ1) is 16.7. The molecule has 1 saturated heterocycles. The summed E-state index contributed by atoms with van der Waals surface area (Å²) in [6.45, 7) is -0.913. The minimum atomic E-state index is -3.34. The largest absolute Gasteiger partial charge is 0.423 e. The first kappa shape index (κ1) is 22.7. The Morgan fingerprint density at radius 2 is 1.86 bits per heavy atom. The minimum absolute atomic E-state index is 0.105. The van der Waals surface area contributed by atoms with Crippen molar-refractivity contribution in [3.63, 3.8) is 0 Å². The fourth-order valence-corrected chi connectivity index (χ4v) is 4.03. The fraction of sp³-hybridized carbons (Fsp3) is 0.217. The topological polar surface area (TPSA) is 84.2 Å². The summed E-state index contributed by atoms with van der Waals surface area (Å²) in [4.78, 5) is 25.9. The average molecular weight is 489 g/mol. The molecule has 3 heterocycles. The lowest BCUT2D eigenvalue weighted by atomic mass is 10.0. The van der Waals surface area contributed by atoms with E-state index in [0.717, 1.165) is 23.1 Å². The Morgan fingerprint density at radius 3 is 2.63 bits per heavy atom. The number of nitrogens with zero attached hydrogens (tertiary/aromatic N) is 4. The SMILES string of the molecule is O=C(c1c(F)ccc(F)c1-c1ncccn1)N1CCC(F)(F)[C@H]1CNc1nc2ccc(F)cc2o1. The molecule has 1 aliphatic rings. The van der Waals surface area contributed by atoms with Gasteiger partial charge in [0, 0.05) is 38.0 Å². The van der Waals surface area contributed by atoms with Gasteiger partial charge in [0.05, 0.1) is 11.1 Å². The summed E-state index contributed by atoms with van der Waals surface area (Å²) < 4.78 is 77.8. The fourth-order valence-electron chi connectivity index (χ4n) is 4.03. The highest BCUT2D eigenvalue weighted by atomic mass is 19.3. The Kier molecular flexibility index (Phi) is 5.58. The lowest BCUT2D eigenvalue weighted by Gasteiger charge is -2.28. The van der Waals surface area contributed by atoms with E-state index in [1.165, 1.54) is 30.6 Å². The molecule has 1 N–H and O–H groups in total. The monoisotopic (exact) mass is 489 g/mol. The van der Waals surface area contributed by atoms with Gasteiger partial charge in [0.25, 0.3) is 17.8 Å². The van der Waals surface area contributed by atoms with Gasteiger partial charge in [-0.05, 0) is 30.3 Å². The third kappa shape index (κ3) is 4.15. The predicted octanol–water partition coefficient (Wildman–Crippen LogP) is 4.66. The van der Waals surface area contributed by atoms with E-state index in [0.29, 0.717) is 5.52 Å². The lowest BCUT2D eigenvalue weighted by molar-refractivity contribution is -0.0250. The Balaban J connectivity index is 1.46. The average Bonchev–Trinajstić information content (AvgIpc) is 3.37. The van der Waals surface area contributed by atoms with E-state index in [1.54, 1.807) is 0 Å². The van der Waals surface area contributed by atoms with E-state index < -0.39 is 66.0 Å². The number of amides is 1. The van der Waals surface area contributed by atoms with Crippen molar-refractivity contribution in [2.45, 2.75) is 18.4 Å². The molecule has 1 amide bonds. The van der Waals surface area contributed by atoms with Crippen LogP contribution in [0.3, 0.4) is 0 Å². The van der Waals surface area contributed by atoms with Gasteiger partial charge in [-0.15, -0.1) is 0 Å². The van der Waals surface area contributed by atoms with Gasteiger partial charge in [0.2, 0.25) is 0 Å². The molecular formula is C23H16F5N5O2. The second kappa shape index (κ2) is 8.60. The van der Waals surface area contributed by atoms with E-state index in [9.17, 15) is 26.7 Å². The van der Waals surface area contributed by atoms with Crippen LogP contribution in [0, 0.1) is 17.5 Å². The number of rotatable bonds is 5. The van der Waals surface area contributed by atoms with Crippen molar-refractivity contribution in [3.8, 4) is 11.4 Å². The highest BCUT2D eigenvalue weighted by molar-refractivity contribution is 6.01. The molecule has 12 heteroatoms. The van der Waals surface area contributed by atoms with Crippen molar-refractivity contribution in [3.05, 3.63) is 71.8 Å². The number of oxazole rings is 1. The number of carbonyl (C=O) groups excluding carboxylic acids is 1. The number of aromatic nitrogens is 3. The number of carbonyl (C=O) groups is 1. The van der Waals surface area contributed by atoms with Gasteiger partial charge >= 0.3 is 0 Å². The summed E-state index contributed by atoms with van der Waals surface area (Å²) in [6.07, 6.45) is 1.88. The molecule has 2 aromatic heterocycles. The molecule has 0 saturated carbocycles. The minimum Gasteiger partial charge on any atom is -0.423 e. The highest BCUT2D eigenvalue weighted by Gasteiger charge is 2.51. The maximum absolute atomic E-state index is 14.8. The summed E-state index contributed by atoms with van der Waals surface area (Å²) in [7, 11) is 0. The number of hydrogen-bond donors (Lipinski definition) is 1. The molecule has 0 aliphatic carbocycles. The van der Waals surface area contributed by atoms with Crippen molar-refractivity contribution >= 4 is 23.0 Å². The summed E-state index contributed by atoms with van der Waals surface area (Å²) >= 11 is 0. The second-order valence-corrected chi connectivity index (χ2v) is 7.89. The number of likely N-dealkylation sites (tertiary alicyclic amines) is 1. The van der Waals surface area contributed by atoms with Gasteiger partial charge in [-0.25, -0.2) is 31.9 Å². The molecule has 0 spiro atoms. The first-order valence-corrected chi connectivity index (χ1v) is 10.5. The molecular weight excluding hydrogens is 473 g/mol. The number of fused-ring (bicyclic) bond motifs is 1. The van der Waals surface area contributed by atoms with E-state index in [4.69, 9.17) is 4.42 Å². The quantitative estimate of drug-likeness (QED) is 0.411. The van der Waals surface area contributed by atoms with Crippen molar-refractivity contribution in [1.29, 1.82) is 0 Å². The number of halogens is 5. The zero-order chi connectivity index (χ0) is 24.7. The van der Waals surface area contributed by atoms with Gasteiger partial charge < -0.3 is 14.6 Å². The van der Waals surface area contributed by atoms with Crippen LogP contribution in [0.4, 0.5) is 28.0 Å². The van der Waals surface area contributed by atoms with Gasteiger partial charge in [-0.2, -0.15) is 4.98 Å². The highest BCUT2D eigenvalue weighted by Crippen LogP contribution is 2.37. The van der Waals surface area contributed by atoms with Crippen LogP contribution in [-0.2, 0) is 0 Å². The molecule has 0 bridgehead atoms. The number of hydrogen-bond acceptors (Lipinski definition) is 6. The molecule has 0 unspecified atom stereocenters. The van der Waals surface area contributed by atoms with Crippen LogP contribution in [0.15, 0.2) is 53.2 Å².